The third-order valence-electron chi connectivity index (χ3n) is 3.15. The van der Waals surface area contributed by atoms with E-state index < -0.39 is 25.1 Å². The van der Waals surface area contributed by atoms with Gasteiger partial charge in [0.25, 0.3) is 0 Å². The van der Waals surface area contributed by atoms with Crippen LogP contribution in [-0.2, 0) is 28.4 Å². The van der Waals surface area contributed by atoms with Crippen LogP contribution >= 0.6 is 0 Å². The lowest BCUT2D eigenvalue weighted by Crippen LogP contribution is -2.36. The van der Waals surface area contributed by atoms with Gasteiger partial charge in [0.05, 0.1) is 59.5 Å². The van der Waals surface area contributed by atoms with Gasteiger partial charge in [-0.1, -0.05) is 6.92 Å². The summed E-state index contributed by atoms with van der Waals surface area (Å²) in [5, 5.41) is 0. The minimum absolute atomic E-state index is 0.0344. The van der Waals surface area contributed by atoms with Crippen molar-refractivity contribution in [2.45, 2.75) is 20.2 Å². The first-order valence-electron chi connectivity index (χ1n) is 8.84. The molecule has 6 nitrogen and oxygen atoms in total. The van der Waals surface area contributed by atoms with E-state index in [2.05, 4.69) is 0 Å². The average Bonchev–Trinajstić information content (AvgIpc) is 2.63. The van der Waals surface area contributed by atoms with E-state index in [9.17, 15) is 13.2 Å². The Morgan fingerprint density at radius 1 is 0.731 bits per heavy atom. The lowest BCUT2D eigenvalue weighted by atomic mass is 9.94. The molecule has 158 valence electrons. The smallest absolute Gasteiger partial charge is 0.222 e. The molecule has 0 radical (unpaired) electrons. The van der Waals surface area contributed by atoms with E-state index in [-0.39, 0.29) is 52.9 Å². The molecule has 0 aliphatic heterocycles. The molecule has 0 heterocycles. The number of rotatable bonds is 20. The zero-order valence-corrected chi connectivity index (χ0v) is 15.9. The molecule has 0 rings (SSSR count). The van der Waals surface area contributed by atoms with E-state index in [0.717, 1.165) is 0 Å². The first-order valence-corrected chi connectivity index (χ1v) is 8.84. The molecular weight excluding hydrogens is 357 g/mol. The van der Waals surface area contributed by atoms with E-state index in [1.807, 2.05) is 13.8 Å². The van der Waals surface area contributed by atoms with Crippen LogP contribution in [0.15, 0.2) is 0 Å². The van der Waals surface area contributed by atoms with Gasteiger partial charge in [-0.15, -0.1) is 0 Å². The minimum atomic E-state index is -1.66. The molecule has 0 fully saturated rings. The molecule has 0 amide bonds. The van der Waals surface area contributed by atoms with Crippen molar-refractivity contribution >= 4 is 0 Å². The fraction of sp³-hybridized carbons (Fsp3) is 1.00. The highest BCUT2D eigenvalue weighted by molar-refractivity contribution is 4.74. The molecule has 26 heavy (non-hydrogen) atoms. The molecule has 2 atom stereocenters. The first-order chi connectivity index (χ1) is 12.6. The molecule has 2 unspecified atom stereocenters. The predicted octanol–water partition coefficient (Wildman–Crippen LogP) is 2.35. The van der Waals surface area contributed by atoms with Gasteiger partial charge in [-0.25, -0.2) is 13.2 Å². The molecule has 0 aromatic heterocycles. The quantitative estimate of drug-likeness (QED) is 0.298. The molecule has 0 aromatic carbocycles. The molecule has 0 spiro atoms. The minimum Gasteiger partial charge on any atom is -0.379 e. The second kappa shape index (κ2) is 17.9. The van der Waals surface area contributed by atoms with E-state index in [0.29, 0.717) is 19.8 Å². The monoisotopic (exact) mass is 390 g/mol. The van der Waals surface area contributed by atoms with Gasteiger partial charge in [-0.05, 0) is 6.92 Å². The molecule has 0 aromatic rings. The summed E-state index contributed by atoms with van der Waals surface area (Å²) in [6.45, 7) is 4.66. The Balaban J connectivity index is 4.19. The van der Waals surface area contributed by atoms with Crippen molar-refractivity contribution in [3.63, 3.8) is 0 Å². The van der Waals surface area contributed by atoms with E-state index in [1.165, 1.54) is 0 Å². The third kappa shape index (κ3) is 15.8. The lowest BCUT2D eigenvalue weighted by molar-refractivity contribution is -0.138. The molecule has 0 bridgehead atoms. The van der Waals surface area contributed by atoms with Gasteiger partial charge in [-0.2, -0.15) is 0 Å². The Labute approximate surface area is 154 Å². The normalized spacial score (nSPS) is 15.1. The number of halogens is 3. The maximum absolute atomic E-state index is 13.6. The zero-order chi connectivity index (χ0) is 19.5. The van der Waals surface area contributed by atoms with Crippen molar-refractivity contribution in [3.05, 3.63) is 0 Å². The van der Waals surface area contributed by atoms with E-state index in [1.54, 1.807) is 0 Å². The second-order valence-electron chi connectivity index (χ2n) is 5.90. The third-order valence-corrected chi connectivity index (χ3v) is 3.15. The predicted molar refractivity (Wildman–Crippen MR) is 90.7 cm³/mol. The fourth-order valence-corrected chi connectivity index (χ4v) is 1.87. The Kier molecular flexibility index (Phi) is 17.6. The summed E-state index contributed by atoms with van der Waals surface area (Å²) in [5.74, 6) is 0. The van der Waals surface area contributed by atoms with Crippen molar-refractivity contribution in [3.8, 4) is 0 Å². The zero-order valence-electron chi connectivity index (χ0n) is 15.9. The van der Waals surface area contributed by atoms with Crippen molar-refractivity contribution in [1.82, 2.24) is 0 Å². The van der Waals surface area contributed by atoms with E-state index in [4.69, 9.17) is 28.4 Å². The maximum atomic E-state index is 13.6. The summed E-state index contributed by atoms with van der Waals surface area (Å²) in [6, 6.07) is 0. The maximum Gasteiger partial charge on any atom is 0.222 e. The van der Waals surface area contributed by atoms with Crippen LogP contribution in [0.5, 0.6) is 0 Å². The van der Waals surface area contributed by atoms with Gasteiger partial charge in [0, 0.05) is 12.0 Å². The fourth-order valence-electron chi connectivity index (χ4n) is 1.87. The van der Waals surface area contributed by atoms with Crippen molar-refractivity contribution in [2.24, 2.45) is 5.41 Å². The SMILES string of the molecule is CCOCCOCC(C)(COCCOCCF)COC(F)COCCF. The summed E-state index contributed by atoms with van der Waals surface area (Å²) in [5.41, 5.74) is -0.600. The second-order valence-corrected chi connectivity index (χ2v) is 5.90. The van der Waals surface area contributed by atoms with Gasteiger partial charge in [0.2, 0.25) is 6.36 Å². The van der Waals surface area contributed by atoms with Gasteiger partial charge in [0.1, 0.15) is 20.0 Å². The van der Waals surface area contributed by atoms with Crippen molar-refractivity contribution in [2.75, 3.05) is 86.0 Å². The van der Waals surface area contributed by atoms with Crippen LogP contribution in [0, 0.1) is 5.41 Å². The summed E-state index contributed by atoms with van der Waals surface area (Å²) in [4.78, 5) is 0. The van der Waals surface area contributed by atoms with Crippen LogP contribution in [-0.4, -0.2) is 92.4 Å². The Hall–Kier alpha value is -0.450. The molecule has 9 heteroatoms. The van der Waals surface area contributed by atoms with Crippen LogP contribution in [0.4, 0.5) is 13.2 Å². The van der Waals surface area contributed by atoms with Gasteiger partial charge in [0.15, 0.2) is 0 Å². The molecular formula is C17H33F3O6. The Morgan fingerprint density at radius 2 is 1.27 bits per heavy atom. The Morgan fingerprint density at radius 3 is 1.85 bits per heavy atom. The van der Waals surface area contributed by atoms with Gasteiger partial charge in [-0.3, -0.25) is 0 Å². The van der Waals surface area contributed by atoms with Crippen LogP contribution in [0.3, 0.4) is 0 Å². The molecule has 0 aliphatic carbocycles. The number of hydrogen-bond acceptors (Lipinski definition) is 6. The first kappa shape index (κ1) is 25.6. The van der Waals surface area contributed by atoms with E-state index >= 15 is 0 Å². The number of alkyl halides is 3. The number of hydrogen-bond donors (Lipinski definition) is 0. The summed E-state index contributed by atoms with van der Waals surface area (Å²) in [6.07, 6.45) is -1.66. The van der Waals surface area contributed by atoms with Crippen LogP contribution in [0.25, 0.3) is 0 Å². The number of ether oxygens (including phenoxy) is 6. The van der Waals surface area contributed by atoms with Crippen molar-refractivity contribution < 1.29 is 41.6 Å². The highest BCUT2D eigenvalue weighted by Crippen LogP contribution is 2.19. The van der Waals surface area contributed by atoms with Crippen LogP contribution < -0.4 is 0 Å². The van der Waals surface area contributed by atoms with Gasteiger partial charge < -0.3 is 28.4 Å². The molecule has 0 saturated carbocycles. The van der Waals surface area contributed by atoms with Crippen LogP contribution in [0.1, 0.15) is 13.8 Å². The summed E-state index contributed by atoms with van der Waals surface area (Å²) < 4.78 is 68.7. The molecule has 0 aliphatic rings. The topological polar surface area (TPSA) is 55.4 Å². The highest BCUT2D eigenvalue weighted by atomic mass is 19.1. The molecule has 0 N–H and O–H groups in total. The Bertz CT molecular complexity index is 302. The van der Waals surface area contributed by atoms with Gasteiger partial charge >= 0.3 is 0 Å². The standard InChI is InChI=1S/C17H33F3O6/c1-3-21-8-10-24-13-17(2,14-25-11-9-22-6-4-18)15-26-16(20)12-23-7-5-19/h16H,3-15H2,1-2H3. The largest absolute Gasteiger partial charge is 0.379 e. The van der Waals surface area contributed by atoms with Crippen LogP contribution in [0.2, 0.25) is 0 Å². The average molecular weight is 390 g/mol. The van der Waals surface area contributed by atoms with Crippen molar-refractivity contribution in [1.29, 1.82) is 0 Å². The molecule has 0 saturated heterocycles. The highest BCUT2D eigenvalue weighted by Gasteiger charge is 2.27. The lowest BCUT2D eigenvalue weighted by Gasteiger charge is -2.29. The summed E-state index contributed by atoms with van der Waals surface area (Å²) in [7, 11) is 0. The summed E-state index contributed by atoms with van der Waals surface area (Å²) >= 11 is 0.